The number of carboxylic acids is 1. The minimum atomic E-state index is -1.04. The van der Waals surface area contributed by atoms with Crippen molar-refractivity contribution in [3.8, 4) is 0 Å². The first-order valence-electron chi connectivity index (χ1n) is 6.38. The molecule has 1 heterocycles. The molecular formula is C13H18N2O4S. The lowest BCUT2D eigenvalue weighted by Gasteiger charge is -2.12. The van der Waals surface area contributed by atoms with Gasteiger partial charge in [0.1, 0.15) is 6.04 Å². The molecule has 0 spiro atoms. The van der Waals surface area contributed by atoms with Crippen LogP contribution in [0.25, 0.3) is 0 Å². The summed E-state index contributed by atoms with van der Waals surface area (Å²) in [7, 11) is 0. The highest BCUT2D eigenvalue weighted by Gasteiger charge is 2.17. The predicted octanol–water partition coefficient (Wildman–Crippen LogP) is 1.24. The second kappa shape index (κ2) is 8.31. The van der Waals surface area contributed by atoms with Crippen molar-refractivity contribution in [2.24, 2.45) is 0 Å². The average molecular weight is 298 g/mol. The zero-order valence-electron chi connectivity index (χ0n) is 11.2. The van der Waals surface area contributed by atoms with Gasteiger partial charge in [-0.1, -0.05) is 13.0 Å². The van der Waals surface area contributed by atoms with Crippen molar-refractivity contribution in [2.45, 2.75) is 32.2 Å². The first-order chi connectivity index (χ1) is 9.54. The highest BCUT2D eigenvalue weighted by molar-refractivity contribution is 7.12. The third-order valence-corrected chi connectivity index (χ3v) is 3.52. The molecule has 1 aromatic rings. The van der Waals surface area contributed by atoms with Crippen molar-refractivity contribution in [3.63, 3.8) is 0 Å². The van der Waals surface area contributed by atoms with E-state index in [0.717, 1.165) is 0 Å². The van der Waals surface area contributed by atoms with Gasteiger partial charge in [0, 0.05) is 13.0 Å². The minimum absolute atomic E-state index is 0.155. The first kappa shape index (κ1) is 16.2. The molecule has 110 valence electrons. The third kappa shape index (κ3) is 5.40. The number of amides is 2. The molecule has 0 saturated heterocycles. The van der Waals surface area contributed by atoms with Gasteiger partial charge in [0.25, 0.3) is 5.91 Å². The summed E-state index contributed by atoms with van der Waals surface area (Å²) in [4.78, 5) is 34.5. The Balaban J connectivity index is 2.19. The Bertz CT molecular complexity index is 459. The van der Waals surface area contributed by atoms with E-state index in [1.807, 2.05) is 5.38 Å². The maximum absolute atomic E-state index is 11.6. The molecule has 6 nitrogen and oxygen atoms in total. The SMILES string of the molecule is CCC(NC(=O)CCCNC(=O)c1cccs1)C(=O)O. The highest BCUT2D eigenvalue weighted by atomic mass is 32.1. The summed E-state index contributed by atoms with van der Waals surface area (Å²) in [6.07, 6.45) is 1.00. The lowest BCUT2D eigenvalue weighted by molar-refractivity contribution is -0.141. The first-order valence-corrected chi connectivity index (χ1v) is 7.26. The monoisotopic (exact) mass is 298 g/mol. The fraction of sp³-hybridized carbons (Fsp3) is 0.462. The number of aliphatic carboxylic acids is 1. The number of carboxylic acid groups (broad SMARTS) is 1. The number of carbonyl (C=O) groups is 3. The van der Waals surface area contributed by atoms with Gasteiger partial charge in [0.2, 0.25) is 5.91 Å². The number of hydrogen-bond acceptors (Lipinski definition) is 4. The number of hydrogen-bond donors (Lipinski definition) is 3. The summed E-state index contributed by atoms with van der Waals surface area (Å²) in [6.45, 7) is 2.08. The van der Waals surface area contributed by atoms with Crippen LogP contribution in [-0.2, 0) is 9.59 Å². The van der Waals surface area contributed by atoms with Gasteiger partial charge in [0.05, 0.1) is 4.88 Å². The standard InChI is InChI=1S/C13H18N2O4S/c1-2-9(13(18)19)15-11(16)6-3-7-14-12(17)10-5-4-8-20-10/h4-5,8-9H,2-3,6-7H2,1H3,(H,14,17)(H,15,16)(H,18,19). The molecule has 7 heteroatoms. The van der Waals surface area contributed by atoms with E-state index in [-0.39, 0.29) is 18.2 Å². The fourth-order valence-electron chi connectivity index (χ4n) is 1.55. The van der Waals surface area contributed by atoms with E-state index >= 15 is 0 Å². The molecule has 0 saturated carbocycles. The Morgan fingerprint density at radius 3 is 2.70 bits per heavy atom. The van der Waals surface area contributed by atoms with Gasteiger partial charge < -0.3 is 15.7 Å². The smallest absolute Gasteiger partial charge is 0.326 e. The molecule has 2 amide bonds. The summed E-state index contributed by atoms with van der Waals surface area (Å²) < 4.78 is 0. The van der Waals surface area contributed by atoms with Gasteiger partial charge in [-0.2, -0.15) is 0 Å². The number of carbonyl (C=O) groups excluding carboxylic acids is 2. The van der Waals surface area contributed by atoms with Crippen molar-refractivity contribution in [3.05, 3.63) is 22.4 Å². The largest absolute Gasteiger partial charge is 0.480 e. The summed E-state index contributed by atoms with van der Waals surface area (Å²) in [5.74, 6) is -1.51. The van der Waals surface area contributed by atoms with Crippen molar-refractivity contribution in [1.29, 1.82) is 0 Å². The normalized spacial score (nSPS) is 11.7. The molecule has 0 aliphatic carbocycles. The van der Waals surface area contributed by atoms with E-state index in [4.69, 9.17) is 5.11 Å². The van der Waals surface area contributed by atoms with Crippen LogP contribution in [0.4, 0.5) is 0 Å². The van der Waals surface area contributed by atoms with Gasteiger partial charge in [-0.15, -0.1) is 11.3 Å². The molecule has 0 aliphatic heterocycles. The van der Waals surface area contributed by atoms with E-state index in [1.165, 1.54) is 11.3 Å². The van der Waals surface area contributed by atoms with E-state index < -0.39 is 12.0 Å². The summed E-state index contributed by atoms with van der Waals surface area (Å²) in [6, 6.07) is 2.68. The van der Waals surface area contributed by atoms with E-state index in [2.05, 4.69) is 10.6 Å². The summed E-state index contributed by atoms with van der Waals surface area (Å²) in [5.41, 5.74) is 0. The van der Waals surface area contributed by atoms with Crippen molar-refractivity contribution >= 4 is 29.1 Å². The number of nitrogens with one attached hydrogen (secondary N) is 2. The Morgan fingerprint density at radius 1 is 1.40 bits per heavy atom. The molecule has 0 fully saturated rings. The molecule has 1 unspecified atom stereocenters. The van der Waals surface area contributed by atoms with E-state index in [9.17, 15) is 14.4 Å². The Kier molecular flexibility index (Phi) is 6.72. The second-order valence-electron chi connectivity index (χ2n) is 4.20. The van der Waals surface area contributed by atoms with Crippen LogP contribution in [0.3, 0.4) is 0 Å². The number of rotatable bonds is 8. The van der Waals surface area contributed by atoms with Crippen LogP contribution in [-0.4, -0.2) is 35.5 Å². The van der Waals surface area contributed by atoms with E-state index in [1.54, 1.807) is 19.1 Å². The summed E-state index contributed by atoms with van der Waals surface area (Å²) >= 11 is 1.35. The quantitative estimate of drug-likeness (QED) is 0.629. The maximum Gasteiger partial charge on any atom is 0.326 e. The van der Waals surface area contributed by atoms with Crippen LogP contribution in [0.1, 0.15) is 35.9 Å². The van der Waals surface area contributed by atoms with Gasteiger partial charge in [-0.05, 0) is 24.3 Å². The van der Waals surface area contributed by atoms with Gasteiger partial charge in [-0.3, -0.25) is 9.59 Å². The van der Waals surface area contributed by atoms with Crippen LogP contribution in [0, 0.1) is 0 Å². The van der Waals surface area contributed by atoms with Crippen LogP contribution < -0.4 is 10.6 Å². The molecule has 0 bridgehead atoms. The van der Waals surface area contributed by atoms with Crippen LogP contribution in [0.2, 0.25) is 0 Å². The number of thiophene rings is 1. The molecule has 1 atom stereocenters. The zero-order valence-corrected chi connectivity index (χ0v) is 12.0. The molecule has 3 N–H and O–H groups in total. The second-order valence-corrected chi connectivity index (χ2v) is 5.15. The van der Waals surface area contributed by atoms with E-state index in [0.29, 0.717) is 24.3 Å². The van der Waals surface area contributed by atoms with Crippen molar-refractivity contribution in [2.75, 3.05) is 6.54 Å². The zero-order chi connectivity index (χ0) is 15.0. The van der Waals surface area contributed by atoms with Gasteiger partial charge in [-0.25, -0.2) is 4.79 Å². The molecule has 0 aliphatic rings. The highest BCUT2D eigenvalue weighted by Crippen LogP contribution is 2.07. The molecule has 20 heavy (non-hydrogen) atoms. The fourth-order valence-corrected chi connectivity index (χ4v) is 2.19. The molecule has 0 radical (unpaired) electrons. The summed E-state index contributed by atoms with van der Waals surface area (Å²) in [5, 5.41) is 15.8. The average Bonchev–Trinajstić information content (AvgIpc) is 2.94. The van der Waals surface area contributed by atoms with Gasteiger partial charge >= 0.3 is 5.97 Å². The minimum Gasteiger partial charge on any atom is -0.480 e. The van der Waals surface area contributed by atoms with Crippen molar-refractivity contribution in [1.82, 2.24) is 10.6 Å². The Hall–Kier alpha value is -1.89. The van der Waals surface area contributed by atoms with Crippen molar-refractivity contribution < 1.29 is 19.5 Å². The molecular weight excluding hydrogens is 280 g/mol. The van der Waals surface area contributed by atoms with Crippen LogP contribution in [0.5, 0.6) is 0 Å². The van der Waals surface area contributed by atoms with Gasteiger partial charge in [0.15, 0.2) is 0 Å². The molecule has 0 aromatic carbocycles. The maximum atomic E-state index is 11.6. The molecule has 1 aromatic heterocycles. The third-order valence-electron chi connectivity index (χ3n) is 2.65. The van der Waals surface area contributed by atoms with Crippen LogP contribution >= 0.6 is 11.3 Å². The lowest BCUT2D eigenvalue weighted by atomic mass is 10.2. The Labute approximate surface area is 121 Å². The Morgan fingerprint density at radius 2 is 2.15 bits per heavy atom. The van der Waals surface area contributed by atoms with Crippen LogP contribution in [0.15, 0.2) is 17.5 Å². The lowest BCUT2D eigenvalue weighted by Crippen LogP contribution is -2.40. The topological polar surface area (TPSA) is 95.5 Å². The predicted molar refractivity (Wildman–Crippen MR) is 75.7 cm³/mol. The molecule has 1 rings (SSSR count).